The van der Waals surface area contributed by atoms with E-state index in [9.17, 15) is 0 Å². The summed E-state index contributed by atoms with van der Waals surface area (Å²) in [4.78, 5) is 0. The van der Waals surface area contributed by atoms with Gasteiger partial charge < -0.3 is 9.73 Å². The molecule has 0 amide bonds. The Hall–Kier alpha value is -0.770. The summed E-state index contributed by atoms with van der Waals surface area (Å²) in [6.45, 7) is 7.02. The van der Waals surface area contributed by atoms with Crippen molar-refractivity contribution in [3.63, 3.8) is 0 Å². The number of anilines is 1. The molecule has 0 saturated heterocycles. The van der Waals surface area contributed by atoms with Gasteiger partial charge in [0, 0.05) is 6.54 Å². The highest BCUT2D eigenvalue weighted by Gasteiger charge is 2.11. The third kappa shape index (κ3) is 3.70. The van der Waals surface area contributed by atoms with Crippen LogP contribution in [-0.2, 0) is 0 Å². The number of hydrogen-bond acceptors (Lipinski definition) is 4. The van der Waals surface area contributed by atoms with Crippen LogP contribution >= 0.6 is 11.6 Å². The van der Waals surface area contributed by atoms with E-state index < -0.39 is 0 Å². The molecule has 0 aliphatic heterocycles. The molecule has 0 aliphatic carbocycles. The van der Waals surface area contributed by atoms with Crippen LogP contribution in [0.25, 0.3) is 0 Å². The van der Waals surface area contributed by atoms with Gasteiger partial charge in [-0.3, -0.25) is 0 Å². The lowest BCUT2D eigenvalue weighted by atomic mass is 10.0. The molecule has 1 aromatic heterocycles. The van der Waals surface area contributed by atoms with Crippen molar-refractivity contribution in [2.24, 2.45) is 5.92 Å². The summed E-state index contributed by atoms with van der Waals surface area (Å²) in [6.07, 6.45) is 2.30. The molecule has 0 fully saturated rings. The Morgan fingerprint density at radius 2 is 2.00 bits per heavy atom. The van der Waals surface area contributed by atoms with E-state index in [0.717, 1.165) is 19.4 Å². The molecule has 1 N–H and O–H groups in total. The molecular weight excluding hydrogens is 214 g/mol. The van der Waals surface area contributed by atoms with Gasteiger partial charge in [-0.1, -0.05) is 31.8 Å². The minimum atomic E-state index is -0.235. The number of halogens is 1. The number of rotatable bonds is 6. The van der Waals surface area contributed by atoms with Gasteiger partial charge in [0.05, 0.1) is 0 Å². The average molecular weight is 232 g/mol. The van der Waals surface area contributed by atoms with E-state index in [-0.39, 0.29) is 5.38 Å². The van der Waals surface area contributed by atoms with E-state index in [1.54, 1.807) is 6.92 Å². The zero-order chi connectivity index (χ0) is 11.3. The lowest BCUT2D eigenvalue weighted by molar-refractivity contribution is 0.482. The van der Waals surface area contributed by atoms with Crippen molar-refractivity contribution >= 4 is 17.6 Å². The second-order valence-electron chi connectivity index (χ2n) is 3.62. The van der Waals surface area contributed by atoms with E-state index in [1.165, 1.54) is 0 Å². The molecule has 5 heteroatoms. The molecule has 1 aromatic rings. The first-order valence-corrected chi connectivity index (χ1v) is 5.82. The van der Waals surface area contributed by atoms with Crippen molar-refractivity contribution in [3.8, 4) is 0 Å². The zero-order valence-corrected chi connectivity index (χ0v) is 10.2. The van der Waals surface area contributed by atoms with E-state index in [1.807, 2.05) is 0 Å². The number of alkyl halides is 1. The predicted molar refractivity (Wildman–Crippen MR) is 61.1 cm³/mol. The summed E-state index contributed by atoms with van der Waals surface area (Å²) in [6, 6.07) is 0.462. The molecule has 86 valence electrons. The third-order valence-electron chi connectivity index (χ3n) is 2.48. The van der Waals surface area contributed by atoms with Crippen LogP contribution in [0, 0.1) is 5.92 Å². The fourth-order valence-electron chi connectivity index (χ4n) is 1.28. The van der Waals surface area contributed by atoms with E-state index in [2.05, 4.69) is 29.4 Å². The number of nitrogens with zero attached hydrogens (tertiary/aromatic N) is 2. The molecule has 4 nitrogen and oxygen atoms in total. The second-order valence-corrected chi connectivity index (χ2v) is 4.28. The molecule has 1 heterocycles. The quantitative estimate of drug-likeness (QED) is 0.764. The predicted octanol–water partition coefficient (Wildman–Crippen LogP) is 3.22. The molecule has 15 heavy (non-hydrogen) atoms. The Balaban J connectivity index is 2.43. The lowest BCUT2D eigenvalue weighted by Gasteiger charge is -2.11. The maximum Gasteiger partial charge on any atom is 0.315 e. The molecule has 0 aliphatic rings. The van der Waals surface area contributed by atoms with Gasteiger partial charge in [-0.2, -0.15) is 0 Å². The van der Waals surface area contributed by atoms with E-state index in [4.69, 9.17) is 16.0 Å². The summed E-state index contributed by atoms with van der Waals surface area (Å²) < 4.78 is 5.32. The summed E-state index contributed by atoms with van der Waals surface area (Å²) in [5.41, 5.74) is 0. The molecule has 1 rings (SSSR count). The fraction of sp³-hybridized carbons (Fsp3) is 0.800. The summed E-state index contributed by atoms with van der Waals surface area (Å²) in [5.74, 6) is 1.11. The van der Waals surface area contributed by atoms with Gasteiger partial charge in [0.25, 0.3) is 0 Å². The first-order chi connectivity index (χ1) is 7.17. The monoisotopic (exact) mass is 231 g/mol. The van der Waals surface area contributed by atoms with Gasteiger partial charge in [-0.25, -0.2) is 0 Å². The van der Waals surface area contributed by atoms with Crippen molar-refractivity contribution < 1.29 is 4.42 Å². The molecular formula is C10H18ClN3O. The highest BCUT2D eigenvalue weighted by Crippen LogP contribution is 2.19. The Morgan fingerprint density at radius 1 is 1.33 bits per heavy atom. The molecule has 0 bridgehead atoms. The van der Waals surface area contributed by atoms with Gasteiger partial charge >= 0.3 is 6.01 Å². The van der Waals surface area contributed by atoms with Crippen LogP contribution < -0.4 is 5.32 Å². The minimum Gasteiger partial charge on any atom is -0.407 e. The first-order valence-electron chi connectivity index (χ1n) is 5.38. The van der Waals surface area contributed by atoms with Gasteiger partial charge in [-0.15, -0.1) is 16.7 Å². The topological polar surface area (TPSA) is 51.0 Å². The Kier molecular flexibility index (Phi) is 4.88. The Bertz CT molecular complexity index is 284. The third-order valence-corrected chi connectivity index (χ3v) is 2.66. The fourth-order valence-corrected chi connectivity index (χ4v) is 1.36. The smallest absolute Gasteiger partial charge is 0.315 e. The minimum absolute atomic E-state index is 0.235. The number of aromatic nitrogens is 2. The van der Waals surface area contributed by atoms with Crippen LogP contribution in [0.15, 0.2) is 4.42 Å². The molecule has 0 aromatic carbocycles. The Labute approximate surface area is 95.4 Å². The van der Waals surface area contributed by atoms with Crippen LogP contribution in [-0.4, -0.2) is 16.7 Å². The van der Waals surface area contributed by atoms with Crippen molar-refractivity contribution in [1.29, 1.82) is 0 Å². The highest BCUT2D eigenvalue weighted by atomic mass is 35.5. The van der Waals surface area contributed by atoms with Crippen molar-refractivity contribution in [3.05, 3.63) is 5.89 Å². The lowest BCUT2D eigenvalue weighted by Crippen LogP contribution is -2.12. The van der Waals surface area contributed by atoms with Gasteiger partial charge in [-0.05, 0) is 12.8 Å². The van der Waals surface area contributed by atoms with Crippen LogP contribution in [0.2, 0.25) is 0 Å². The van der Waals surface area contributed by atoms with Crippen molar-refractivity contribution in [1.82, 2.24) is 10.2 Å². The highest BCUT2D eigenvalue weighted by molar-refractivity contribution is 6.20. The van der Waals surface area contributed by atoms with Crippen LogP contribution in [0.1, 0.15) is 44.9 Å². The standard InChI is InChI=1S/C10H18ClN3O/c1-4-8(5-2)6-12-10-14-13-9(15-10)7(3)11/h7-8H,4-6H2,1-3H3,(H,12,14). The molecule has 0 radical (unpaired) electrons. The van der Waals surface area contributed by atoms with Crippen LogP contribution in [0.4, 0.5) is 6.01 Å². The maximum absolute atomic E-state index is 5.81. The molecule has 0 saturated carbocycles. The SMILES string of the molecule is CCC(CC)CNc1nnc(C(C)Cl)o1. The maximum atomic E-state index is 5.81. The average Bonchev–Trinajstić information content (AvgIpc) is 2.68. The van der Waals surface area contributed by atoms with Crippen molar-refractivity contribution in [2.75, 3.05) is 11.9 Å². The number of hydrogen-bond donors (Lipinski definition) is 1. The number of nitrogens with one attached hydrogen (secondary N) is 1. The summed E-state index contributed by atoms with van der Waals surface area (Å²) in [5, 5.41) is 10.6. The second kappa shape index (κ2) is 5.95. The summed E-state index contributed by atoms with van der Waals surface area (Å²) >= 11 is 5.81. The van der Waals surface area contributed by atoms with Crippen molar-refractivity contribution in [2.45, 2.75) is 39.0 Å². The first kappa shape index (κ1) is 12.3. The van der Waals surface area contributed by atoms with Crippen LogP contribution in [0.3, 0.4) is 0 Å². The van der Waals surface area contributed by atoms with Crippen LogP contribution in [0.5, 0.6) is 0 Å². The normalized spacial score (nSPS) is 13.1. The van der Waals surface area contributed by atoms with E-state index in [0.29, 0.717) is 17.8 Å². The zero-order valence-electron chi connectivity index (χ0n) is 9.46. The molecule has 1 unspecified atom stereocenters. The molecule has 1 atom stereocenters. The largest absolute Gasteiger partial charge is 0.407 e. The molecule has 0 spiro atoms. The van der Waals surface area contributed by atoms with Gasteiger partial charge in [0.15, 0.2) is 0 Å². The Morgan fingerprint density at radius 3 is 2.47 bits per heavy atom. The van der Waals surface area contributed by atoms with E-state index >= 15 is 0 Å². The summed E-state index contributed by atoms with van der Waals surface area (Å²) in [7, 11) is 0. The van der Waals surface area contributed by atoms with Gasteiger partial charge in [0.1, 0.15) is 5.38 Å². The van der Waals surface area contributed by atoms with Gasteiger partial charge in [0.2, 0.25) is 5.89 Å².